The quantitative estimate of drug-likeness (QED) is 0.0383. The summed E-state index contributed by atoms with van der Waals surface area (Å²) in [7, 11) is 0. The predicted octanol–water partition coefficient (Wildman–Crippen LogP) is 6.29. The van der Waals surface area contributed by atoms with Crippen LogP contribution in [0.25, 0.3) is 10.8 Å². The molecule has 1 aromatic heterocycles. The zero-order valence-corrected chi connectivity index (χ0v) is 24.1. The van der Waals surface area contributed by atoms with Crippen molar-refractivity contribution in [2.45, 2.75) is 83.1 Å². The number of hydrogen-bond acceptors (Lipinski definition) is 4. The Morgan fingerprint density at radius 2 is 1.78 bits per heavy atom. The third-order valence-electron chi connectivity index (χ3n) is 7.56. The molecule has 0 aliphatic heterocycles. The first-order valence-corrected chi connectivity index (χ1v) is 14.7. The highest BCUT2D eigenvalue weighted by Crippen LogP contribution is 2.32. The Balaban J connectivity index is 1.87. The van der Waals surface area contributed by atoms with Crippen LogP contribution in [0.5, 0.6) is 0 Å². The molecule has 2 unspecified atom stereocenters. The Kier molecular flexibility index (Phi) is 13.0. The van der Waals surface area contributed by atoms with E-state index in [0.29, 0.717) is 24.3 Å². The minimum absolute atomic E-state index is 0.0778. The van der Waals surface area contributed by atoms with Gasteiger partial charge in [0.1, 0.15) is 12.1 Å². The number of aliphatic imine (C=N–C) groups is 1. The van der Waals surface area contributed by atoms with Gasteiger partial charge >= 0.3 is 5.97 Å². The normalized spacial score (nSPS) is 13.0. The van der Waals surface area contributed by atoms with E-state index in [1.54, 1.807) is 0 Å². The van der Waals surface area contributed by atoms with Crippen LogP contribution in [0.1, 0.15) is 81.8 Å². The number of nitrogens with two attached hydrogens (primary N) is 2. The summed E-state index contributed by atoms with van der Waals surface area (Å²) >= 11 is 0. The van der Waals surface area contributed by atoms with Crippen LogP contribution in [-0.2, 0) is 16.0 Å². The van der Waals surface area contributed by atoms with Crippen LogP contribution in [0.3, 0.4) is 0 Å². The summed E-state index contributed by atoms with van der Waals surface area (Å²) < 4.78 is 0. The second kappa shape index (κ2) is 16.9. The van der Waals surface area contributed by atoms with Crippen LogP contribution in [0.2, 0.25) is 0 Å². The standard InChI is InChI=1S/C33H45N5O3/c1-2-3-4-5-6-7-9-25(27-14-13-26-12-11-24(17-19-39)20-28(26)21-27)15-16-30(38-31-10-8-18-36-31)29(22-32(40)41)23-37-33(34)35/h8,10-14,18-22,25,30,36,38H,2-7,9,15-17,23H2,1H3,(H,40,41)(H4,34,35,37). The lowest BCUT2D eigenvalue weighted by molar-refractivity contribution is -0.131. The summed E-state index contributed by atoms with van der Waals surface area (Å²) in [5.74, 6) is -0.0152. The number of carboxylic acid groups (broad SMARTS) is 1. The number of rotatable bonds is 19. The van der Waals surface area contributed by atoms with Gasteiger partial charge in [-0.25, -0.2) is 9.79 Å². The molecular weight excluding hydrogens is 514 g/mol. The third-order valence-corrected chi connectivity index (χ3v) is 7.56. The van der Waals surface area contributed by atoms with Gasteiger partial charge < -0.3 is 31.7 Å². The SMILES string of the molecule is CCCCCCCCC(CCC(Nc1ccc[nH]1)C(=CC(=O)O)CN=C(N)N)c1ccc2ccc(CC=O)cc2c1. The van der Waals surface area contributed by atoms with Crippen molar-refractivity contribution in [3.8, 4) is 0 Å². The number of aromatic amines is 1. The number of carbonyl (C=O) groups is 2. The van der Waals surface area contributed by atoms with Crippen LogP contribution in [0.15, 0.2) is 71.4 Å². The van der Waals surface area contributed by atoms with Crippen molar-refractivity contribution in [2.24, 2.45) is 16.5 Å². The number of aliphatic carboxylic acids is 1. The Labute approximate surface area is 243 Å². The number of unbranched alkanes of at least 4 members (excludes halogenated alkanes) is 5. The second-order valence-electron chi connectivity index (χ2n) is 10.7. The number of nitrogens with zero attached hydrogens (tertiary/aromatic N) is 1. The van der Waals surface area contributed by atoms with E-state index in [1.807, 2.05) is 24.4 Å². The maximum absolute atomic E-state index is 11.7. The number of guanidine groups is 1. The molecule has 220 valence electrons. The van der Waals surface area contributed by atoms with E-state index >= 15 is 0 Å². The fraction of sp³-hybridized carbons (Fsp3) is 0.424. The van der Waals surface area contributed by atoms with E-state index in [-0.39, 0.29) is 18.5 Å². The average molecular weight is 560 g/mol. The summed E-state index contributed by atoms with van der Waals surface area (Å²) in [5.41, 5.74) is 14.1. The summed E-state index contributed by atoms with van der Waals surface area (Å²) in [5, 5.41) is 15.4. The Morgan fingerprint density at radius 1 is 1.00 bits per heavy atom. The molecule has 8 nitrogen and oxygen atoms in total. The van der Waals surface area contributed by atoms with Crippen molar-refractivity contribution in [2.75, 3.05) is 11.9 Å². The Bertz CT molecular complexity index is 1300. The van der Waals surface area contributed by atoms with E-state index in [0.717, 1.165) is 47.7 Å². The minimum Gasteiger partial charge on any atom is -0.478 e. The van der Waals surface area contributed by atoms with E-state index in [9.17, 15) is 14.7 Å². The molecule has 3 aromatic rings. The molecule has 0 saturated carbocycles. The molecule has 0 amide bonds. The molecule has 2 atom stereocenters. The lowest BCUT2D eigenvalue weighted by Gasteiger charge is -2.25. The molecule has 3 rings (SSSR count). The van der Waals surface area contributed by atoms with Gasteiger partial charge in [-0.3, -0.25) is 0 Å². The molecular formula is C33H45N5O3. The molecule has 0 bridgehead atoms. The first-order chi connectivity index (χ1) is 19.9. The van der Waals surface area contributed by atoms with Gasteiger partial charge in [-0.05, 0) is 64.8 Å². The van der Waals surface area contributed by atoms with Crippen LogP contribution in [-0.4, -0.2) is 40.9 Å². The summed E-state index contributed by atoms with van der Waals surface area (Å²) in [6.45, 7) is 2.33. The lowest BCUT2D eigenvalue weighted by atomic mass is 9.85. The number of carbonyl (C=O) groups excluding carboxylic acids is 1. The number of hydrogen-bond donors (Lipinski definition) is 5. The van der Waals surface area contributed by atoms with Crippen molar-refractivity contribution >= 4 is 34.8 Å². The molecule has 0 fully saturated rings. The highest BCUT2D eigenvalue weighted by atomic mass is 16.4. The average Bonchev–Trinajstić information content (AvgIpc) is 3.46. The van der Waals surface area contributed by atoms with Crippen LogP contribution < -0.4 is 16.8 Å². The molecule has 0 spiro atoms. The fourth-order valence-corrected chi connectivity index (χ4v) is 5.36. The van der Waals surface area contributed by atoms with Gasteiger partial charge in [0.05, 0.1) is 12.6 Å². The predicted molar refractivity (Wildman–Crippen MR) is 168 cm³/mol. The van der Waals surface area contributed by atoms with Gasteiger partial charge in [-0.1, -0.05) is 81.8 Å². The van der Waals surface area contributed by atoms with Gasteiger partial charge in [0.25, 0.3) is 0 Å². The number of aldehydes is 1. The smallest absolute Gasteiger partial charge is 0.328 e. The highest BCUT2D eigenvalue weighted by Gasteiger charge is 2.20. The monoisotopic (exact) mass is 559 g/mol. The van der Waals surface area contributed by atoms with Gasteiger partial charge in [0, 0.05) is 18.7 Å². The Hall–Kier alpha value is -4.07. The topological polar surface area (TPSA) is 147 Å². The van der Waals surface area contributed by atoms with Crippen molar-refractivity contribution in [3.05, 3.63) is 77.5 Å². The molecule has 8 heteroatoms. The number of aromatic nitrogens is 1. The van der Waals surface area contributed by atoms with Gasteiger partial charge in [-0.2, -0.15) is 0 Å². The largest absolute Gasteiger partial charge is 0.478 e. The molecule has 0 aliphatic carbocycles. The zero-order valence-electron chi connectivity index (χ0n) is 24.1. The van der Waals surface area contributed by atoms with Crippen LogP contribution in [0.4, 0.5) is 5.82 Å². The summed E-state index contributed by atoms with van der Waals surface area (Å²) in [4.78, 5) is 30.1. The number of fused-ring (bicyclic) bond motifs is 1. The number of anilines is 1. The Morgan fingerprint density at radius 3 is 2.49 bits per heavy atom. The van der Waals surface area contributed by atoms with Crippen LogP contribution in [0, 0.1) is 0 Å². The molecule has 0 aliphatic rings. The number of benzene rings is 2. The number of carboxylic acids is 1. The lowest BCUT2D eigenvalue weighted by Crippen LogP contribution is -2.28. The van der Waals surface area contributed by atoms with Gasteiger partial charge in [0.15, 0.2) is 5.96 Å². The third kappa shape index (κ3) is 10.8. The van der Waals surface area contributed by atoms with Crippen LogP contribution >= 0.6 is 0 Å². The molecule has 1 heterocycles. The van der Waals surface area contributed by atoms with Crippen molar-refractivity contribution in [3.63, 3.8) is 0 Å². The maximum atomic E-state index is 11.7. The van der Waals surface area contributed by atoms with E-state index in [4.69, 9.17) is 11.5 Å². The number of nitrogens with one attached hydrogen (secondary N) is 2. The summed E-state index contributed by atoms with van der Waals surface area (Å²) in [6, 6.07) is 16.3. The second-order valence-corrected chi connectivity index (χ2v) is 10.7. The van der Waals surface area contributed by atoms with Crippen molar-refractivity contribution in [1.29, 1.82) is 0 Å². The van der Waals surface area contributed by atoms with Crippen molar-refractivity contribution < 1.29 is 14.7 Å². The first-order valence-electron chi connectivity index (χ1n) is 14.7. The van der Waals surface area contributed by atoms with Gasteiger partial charge in [-0.15, -0.1) is 0 Å². The molecule has 0 radical (unpaired) electrons. The molecule has 7 N–H and O–H groups in total. The van der Waals surface area contributed by atoms with E-state index in [2.05, 4.69) is 52.5 Å². The zero-order chi connectivity index (χ0) is 29.5. The highest BCUT2D eigenvalue weighted by molar-refractivity contribution is 5.84. The first kappa shape index (κ1) is 31.5. The van der Waals surface area contributed by atoms with E-state index in [1.165, 1.54) is 43.7 Å². The maximum Gasteiger partial charge on any atom is 0.328 e. The summed E-state index contributed by atoms with van der Waals surface area (Å²) in [6.07, 6.45) is 14.3. The number of H-pyrrole nitrogens is 1. The van der Waals surface area contributed by atoms with Crippen molar-refractivity contribution in [1.82, 2.24) is 4.98 Å². The molecule has 41 heavy (non-hydrogen) atoms. The van der Waals surface area contributed by atoms with Gasteiger partial charge in [0.2, 0.25) is 0 Å². The minimum atomic E-state index is -1.03. The molecule has 0 saturated heterocycles. The molecule has 2 aromatic carbocycles. The fourth-order valence-electron chi connectivity index (χ4n) is 5.36. The van der Waals surface area contributed by atoms with E-state index < -0.39 is 5.97 Å².